The van der Waals surface area contributed by atoms with E-state index in [9.17, 15) is 5.11 Å². The van der Waals surface area contributed by atoms with Gasteiger partial charge in [-0.25, -0.2) is 0 Å². The molecule has 1 atom stereocenters. The highest BCUT2D eigenvalue weighted by atomic mass is 16.3. The Morgan fingerprint density at radius 2 is 2.19 bits per heavy atom. The summed E-state index contributed by atoms with van der Waals surface area (Å²) in [7, 11) is 0. The van der Waals surface area contributed by atoms with Crippen molar-refractivity contribution in [1.29, 1.82) is 0 Å². The molecule has 1 aromatic carbocycles. The molecule has 3 nitrogen and oxygen atoms in total. The first kappa shape index (κ1) is 11.0. The van der Waals surface area contributed by atoms with Crippen LogP contribution in [0.2, 0.25) is 0 Å². The average Bonchev–Trinajstić information content (AvgIpc) is 2.37. The van der Waals surface area contributed by atoms with E-state index in [-0.39, 0.29) is 6.54 Å². The number of aliphatic hydroxyl groups is 1. The zero-order valence-electron chi connectivity index (χ0n) is 9.35. The van der Waals surface area contributed by atoms with Crippen LogP contribution in [0.4, 0.5) is 0 Å². The summed E-state index contributed by atoms with van der Waals surface area (Å²) in [4.78, 5) is 4.24. The van der Waals surface area contributed by atoms with E-state index in [0.717, 1.165) is 16.5 Å². The van der Waals surface area contributed by atoms with Gasteiger partial charge in [0.05, 0.1) is 5.52 Å². The van der Waals surface area contributed by atoms with E-state index in [4.69, 9.17) is 5.73 Å². The van der Waals surface area contributed by atoms with Gasteiger partial charge in [0.2, 0.25) is 0 Å². The van der Waals surface area contributed by atoms with E-state index in [1.165, 1.54) is 0 Å². The predicted molar refractivity (Wildman–Crippen MR) is 65.0 cm³/mol. The lowest BCUT2D eigenvalue weighted by atomic mass is 9.90. The molecule has 0 radical (unpaired) electrons. The molecule has 1 heterocycles. The van der Waals surface area contributed by atoms with Gasteiger partial charge in [0.1, 0.15) is 5.60 Å². The largest absolute Gasteiger partial charge is 0.384 e. The molecule has 3 N–H and O–H groups in total. The van der Waals surface area contributed by atoms with E-state index in [0.29, 0.717) is 6.42 Å². The number of pyridine rings is 1. The Labute approximate surface area is 94.9 Å². The molecular formula is C13H16N2O. The van der Waals surface area contributed by atoms with Crippen molar-refractivity contribution in [2.24, 2.45) is 5.73 Å². The summed E-state index contributed by atoms with van der Waals surface area (Å²) >= 11 is 0. The third-order valence-electron chi connectivity index (χ3n) is 3.06. The van der Waals surface area contributed by atoms with Crippen LogP contribution in [0, 0.1) is 0 Å². The second-order valence-corrected chi connectivity index (χ2v) is 4.00. The molecule has 0 spiro atoms. The van der Waals surface area contributed by atoms with Crippen LogP contribution >= 0.6 is 0 Å². The van der Waals surface area contributed by atoms with Crippen molar-refractivity contribution in [3.05, 3.63) is 42.1 Å². The highest BCUT2D eigenvalue weighted by Gasteiger charge is 2.25. The summed E-state index contributed by atoms with van der Waals surface area (Å²) in [6.45, 7) is 2.16. The number of hydrogen-bond donors (Lipinski definition) is 2. The van der Waals surface area contributed by atoms with Crippen molar-refractivity contribution in [2.45, 2.75) is 18.9 Å². The first-order chi connectivity index (χ1) is 7.69. The van der Waals surface area contributed by atoms with E-state index in [1.807, 2.05) is 37.3 Å². The molecule has 1 aromatic heterocycles. The number of nitrogens with zero attached hydrogens (tertiary/aromatic N) is 1. The van der Waals surface area contributed by atoms with Gasteiger partial charge in [0.15, 0.2) is 0 Å². The quantitative estimate of drug-likeness (QED) is 0.822. The fraction of sp³-hybridized carbons (Fsp3) is 0.308. The Balaban J connectivity index is 2.54. The summed E-state index contributed by atoms with van der Waals surface area (Å²) in [5.41, 5.74) is 6.49. The van der Waals surface area contributed by atoms with Crippen molar-refractivity contribution in [3.8, 4) is 0 Å². The van der Waals surface area contributed by atoms with Crippen LogP contribution in [0.5, 0.6) is 0 Å². The lowest BCUT2D eigenvalue weighted by Crippen LogP contribution is -2.34. The van der Waals surface area contributed by atoms with Gasteiger partial charge in [0, 0.05) is 18.1 Å². The first-order valence-electron chi connectivity index (χ1n) is 5.47. The lowest BCUT2D eigenvalue weighted by molar-refractivity contribution is 0.0420. The summed E-state index contributed by atoms with van der Waals surface area (Å²) in [6, 6.07) is 9.64. The van der Waals surface area contributed by atoms with Crippen LogP contribution < -0.4 is 5.73 Å². The fourth-order valence-corrected chi connectivity index (χ4v) is 1.83. The molecule has 16 heavy (non-hydrogen) atoms. The Kier molecular flexibility index (Phi) is 2.90. The highest BCUT2D eigenvalue weighted by molar-refractivity contribution is 5.79. The first-order valence-corrected chi connectivity index (χ1v) is 5.47. The van der Waals surface area contributed by atoms with Crippen LogP contribution in [0.1, 0.15) is 18.9 Å². The molecule has 2 aromatic rings. The molecule has 2 rings (SSSR count). The van der Waals surface area contributed by atoms with Crippen molar-refractivity contribution in [3.63, 3.8) is 0 Å². The average molecular weight is 216 g/mol. The minimum absolute atomic E-state index is 0.231. The van der Waals surface area contributed by atoms with E-state index >= 15 is 0 Å². The SMILES string of the molecule is CCC(O)(CN)c1ccc2ncccc2c1. The zero-order chi connectivity index (χ0) is 11.6. The molecule has 3 heteroatoms. The molecule has 0 aliphatic rings. The molecular weight excluding hydrogens is 200 g/mol. The summed E-state index contributed by atoms with van der Waals surface area (Å²) in [6.07, 6.45) is 2.37. The maximum Gasteiger partial charge on any atom is 0.102 e. The third-order valence-corrected chi connectivity index (χ3v) is 3.06. The highest BCUT2D eigenvalue weighted by Crippen LogP contribution is 2.26. The predicted octanol–water partition coefficient (Wildman–Crippen LogP) is 1.79. The summed E-state index contributed by atoms with van der Waals surface area (Å²) < 4.78 is 0. The summed E-state index contributed by atoms with van der Waals surface area (Å²) in [5.74, 6) is 0. The van der Waals surface area contributed by atoms with E-state index in [1.54, 1.807) is 6.20 Å². The molecule has 0 bridgehead atoms. The van der Waals surface area contributed by atoms with Gasteiger partial charge < -0.3 is 10.8 Å². The van der Waals surface area contributed by atoms with Gasteiger partial charge in [-0.05, 0) is 30.2 Å². The number of fused-ring (bicyclic) bond motifs is 1. The standard InChI is InChI=1S/C13H16N2O/c1-2-13(16,9-14)11-5-6-12-10(8-11)4-3-7-15-12/h3-8,16H,2,9,14H2,1H3. The molecule has 84 valence electrons. The van der Waals surface area contributed by atoms with Crippen LogP contribution in [0.3, 0.4) is 0 Å². The number of aromatic nitrogens is 1. The van der Waals surface area contributed by atoms with Crippen molar-refractivity contribution in [1.82, 2.24) is 4.98 Å². The van der Waals surface area contributed by atoms with Crippen LogP contribution in [0.15, 0.2) is 36.5 Å². The number of benzene rings is 1. The molecule has 0 fully saturated rings. The van der Waals surface area contributed by atoms with Crippen molar-refractivity contribution >= 4 is 10.9 Å². The Morgan fingerprint density at radius 3 is 2.88 bits per heavy atom. The minimum atomic E-state index is -0.927. The van der Waals surface area contributed by atoms with Gasteiger partial charge in [-0.2, -0.15) is 0 Å². The molecule has 0 saturated heterocycles. The second kappa shape index (κ2) is 4.20. The number of nitrogens with two attached hydrogens (primary N) is 1. The normalized spacial score (nSPS) is 14.9. The maximum absolute atomic E-state index is 10.3. The Morgan fingerprint density at radius 1 is 1.38 bits per heavy atom. The van der Waals surface area contributed by atoms with E-state index < -0.39 is 5.60 Å². The topological polar surface area (TPSA) is 59.1 Å². The van der Waals surface area contributed by atoms with Crippen LogP contribution in [-0.2, 0) is 5.60 Å². The minimum Gasteiger partial charge on any atom is -0.384 e. The molecule has 1 unspecified atom stereocenters. The smallest absolute Gasteiger partial charge is 0.102 e. The maximum atomic E-state index is 10.3. The molecule has 0 aliphatic heterocycles. The lowest BCUT2D eigenvalue weighted by Gasteiger charge is -2.25. The van der Waals surface area contributed by atoms with Gasteiger partial charge in [-0.15, -0.1) is 0 Å². The number of hydrogen-bond acceptors (Lipinski definition) is 3. The summed E-state index contributed by atoms with van der Waals surface area (Å²) in [5, 5.41) is 11.3. The monoisotopic (exact) mass is 216 g/mol. The fourth-order valence-electron chi connectivity index (χ4n) is 1.83. The van der Waals surface area contributed by atoms with Gasteiger partial charge in [-0.1, -0.05) is 19.1 Å². The van der Waals surface area contributed by atoms with Crippen LogP contribution in [0.25, 0.3) is 10.9 Å². The zero-order valence-corrected chi connectivity index (χ0v) is 9.35. The second-order valence-electron chi connectivity index (χ2n) is 4.00. The van der Waals surface area contributed by atoms with Crippen LogP contribution in [-0.4, -0.2) is 16.6 Å². The molecule has 0 aliphatic carbocycles. The van der Waals surface area contributed by atoms with Crippen molar-refractivity contribution < 1.29 is 5.11 Å². The van der Waals surface area contributed by atoms with Gasteiger partial charge in [-0.3, -0.25) is 4.98 Å². The Hall–Kier alpha value is -1.45. The van der Waals surface area contributed by atoms with Crippen molar-refractivity contribution in [2.75, 3.05) is 6.54 Å². The van der Waals surface area contributed by atoms with Gasteiger partial charge in [0.25, 0.3) is 0 Å². The molecule has 0 saturated carbocycles. The number of rotatable bonds is 3. The third kappa shape index (κ3) is 1.79. The van der Waals surface area contributed by atoms with Gasteiger partial charge >= 0.3 is 0 Å². The molecule has 0 amide bonds. The Bertz CT molecular complexity index is 492. The van der Waals surface area contributed by atoms with E-state index in [2.05, 4.69) is 4.98 Å².